The van der Waals surface area contributed by atoms with Crippen molar-refractivity contribution >= 4 is 5.57 Å². The Morgan fingerprint density at radius 2 is 1.68 bits per heavy atom. The van der Waals surface area contributed by atoms with Gasteiger partial charge >= 0.3 is 0 Å². The summed E-state index contributed by atoms with van der Waals surface area (Å²) in [5.74, 6) is 0. The van der Waals surface area contributed by atoms with Crippen molar-refractivity contribution in [3.05, 3.63) is 192 Å². The minimum Gasteiger partial charge on any atom is -0.265 e. The minimum atomic E-state index is -0.421. The van der Waals surface area contributed by atoms with Crippen molar-refractivity contribution in [1.29, 1.82) is 0 Å². The molecule has 4 rings (SSSR count). The van der Waals surface area contributed by atoms with Gasteiger partial charge in [0, 0.05) is 12.4 Å². The van der Waals surface area contributed by atoms with Crippen molar-refractivity contribution in [2.24, 2.45) is 0 Å². The smallest absolute Gasteiger partial charge is 0.0674 e. The third-order valence-electron chi connectivity index (χ3n) is 7.66. The summed E-state index contributed by atoms with van der Waals surface area (Å²) in [5, 5.41) is 0. The van der Waals surface area contributed by atoms with Gasteiger partial charge in [-0.2, -0.15) is 0 Å². The highest BCUT2D eigenvalue weighted by Crippen LogP contribution is 2.55. The van der Waals surface area contributed by atoms with Crippen molar-refractivity contribution in [2.45, 2.75) is 38.5 Å². The second-order valence-corrected chi connectivity index (χ2v) is 10.0. The lowest BCUT2D eigenvalue weighted by Crippen LogP contribution is -2.30. The maximum Gasteiger partial charge on any atom is 0.0674 e. The van der Waals surface area contributed by atoms with Gasteiger partial charge in [-0.05, 0) is 95.4 Å². The van der Waals surface area contributed by atoms with Gasteiger partial charge in [-0.25, -0.2) is 0 Å². The lowest BCUT2D eigenvalue weighted by molar-refractivity contribution is 0.689. The number of rotatable bonds is 12. The van der Waals surface area contributed by atoms with Gasteiger partial charge in [0.15, 0.2) is 0 Å². The van der Waals surface area contributed by atoms with E-state index in [4.69, 9.17) is 0 Å². The zero-order valence-corrected chi connectivity index (χ0v) is 23.8. The van der Waals surface area contributed by atoms with Crippen LogP contribution in [0.5, 0.6) is 0 Å². The van der Waals surface area contributed by atoms with E-state index >= 15 is 0 Å². The van der Waals surface area contributed by atoms with E-state index in [-0.39, 0.29) is 0 Å². The Morgan fingerprint density at radius 1 is 0.925 bits per heavy atom. The molecule has 1 aromatic heterocycles. The molecule has 0 radical (unpaired) electrons. The first-order valence-corrected chi connectivity index (χ1v) is 14.0. The summed E-state index contributed by atoms with van der Waals surface area (Å²) >= 11 is 0. The number of nitrogens with zero attached hydrogens (tertiary/aromatic N) is 1. The summed E-state index contributed by atoms with van der Waals surface area (Å²) in [6.45, 7) is 16.9. The number of hydrogen-bond acceptors (Lipinski definition) is 1. The summed E-state index contributed by atoms with van der Waals surface area (Å²) in [7, 11) is 0. The highest BCUT2D eigenvalue weighted by molar-refractivity contribution is 5.73. The van der Waals surface area contributed by atoms with Gasteiger partial charge in [-0.3, -0.25) is 4.98 Å². The van der Waals surface area contributed by atoms with Gasteiger partial charge < -0.3 is 0 Å². The van der Waals surface area contributed by atoms with Crippen molar-refractivity contribution in [3.8, 4) is 0 Å². The van der Waals surface area contributed by atoms with E-state index < -0.39 is 5.41 Å². The lowest BCUT2D eigenvalue weighted by Gasteiger charge is -2.36. The SMILES string of the molecule is C=CCCC1=C(C)C(/C=C\Cc2cccc(C(=C)/C=C\C=C/C)c2)=C(C=C)C1(c1ccccc1)c1ccncc1. The Hall–Kier alpha value is -4.49. The van der Waals surface area contributed by atoms with Gasteiger partial charge in [0.1, 0.15) is 0 Å². The van der Waals surface area contributed by atoms with E-state index in [1.807, 2.05) is 43.6 Å². The molecule has 0 amide bonds. The molecule has 0 bridgehead atoms. The standard InChI is InChI=1S/C39H39N/c1-6-9-12-17-30(4)33-20-15-18-32(29-33)19-16-23-36-31(5)38(24-10-7-2)39(37(36)8-3,34-21-13-11-14-22-34)35-25-27-40-28-26-35/h6-9,11-18,20-23,25-29H,2-4,10,19,24H2,1,5H3/b9-6-,17-12-,23-16-. The maximum absolute atomic E-state index is 4.34. The van der Waals surface area contributed by atoms with Crippen LogP contribution >= 0.6 is 0 Å². The molecular formula is C39H39N. The fourth-order valence-corrected chi connectivity index (χ4v) is 5.82. The fraction of sp³-hybridized carbons (Fsp3) is 0.154. The topological polar surface area (TPSA) is 12.9 Å². The maximum atomic E-state index is 4.34. The Kier molecular flexibility index (Phi) is 9.65. The number of pyridine rings is 1. The normalized spacial score (nSPS) is 17.4. The van der Waals surface area contributed by atoms with E-state index in [1.165, 1.54) is 39.0 Å². The first kappa shape index (κ1) is 28.5. The summed E-state index contributed by atoms with van der Waals surface area (Å²) in [6.07, 6.45) is 23.2. The van der Waals surface area contributed by atoms with Crippen LogP contribution in [0.3, 0.4) is 0 Å². The van der Waals surface area contributed by atoms with E-state index in [9.17, 15) is 0 Å². The molecule has 0 aliphatic heterocycles. The molecule has 2 aromatic carbocycles. The van der Waals surface area contributed by atoms with Gasteiger partial charge in [0.25, 0.3) is 0 Å². The van der Waals surface area contributed by atoms with Crippen LogP contribution in [0.25, 0.3) is 5.57 Å². The molecule has 1 unspecified atom stereocenters. The molecule has 40 heavy (non-hydrogen) atoms. The molecule has 0 fully saturated rings. The highest BCUT2D eigenvalue weighted by Gasteiger charge is 2.46. The Balaban J connectivity index is 1.79. The van der Waals surface area contributed by atoms with Crippen molar-refractivity contribution < 1.29 is 0 Å². The van der Waals surface area contributed by atoms with E-state index in [0.29, 0.717) is 0 Å². The highest BCUT2D eigenvalue weighted by atomic mass is 14.6. The fourth-order valence-electron chi connectivity index (χ4n) is 5.82. The largest absolute Gasteiger partial charge is 0.265 e. The first-order valence-electron chi connectivity index (χ1n) is 14.0. The zero-order chi connectivity index (χ0) is 28.4. The van der Waals surface area contributed by atoms with Crippen LogP contribution in [0.15, 0.2) is 170 Å². The first-order chi connectivity index (χ1) is 19.6. The molecule has 0 saturated carbocycles. The molecular weight excluding hydrogens is 482 g/mol. The minimum absolute atomic E-state index is 0.421. The average Bonchev–Trinajstić information content (AvgIpc) is 3.24. The van der Waals surface area contributed by atoms with Gasteiger partial charge in [-0.1, -0.05) is 116 Å². The monoisotopic (exact) mass is 521 g/mol. The molecule has 1 nitrogen and oxygen atoms in total. The molecule has 1 aliphatic carbocycles. The summed E-state index contributed by atoms with van der Waals surface area (Å²) in [4.78, 5) is 4.34. The van der Waals surface area contributed by atoms with Crippen LogP contribution in [0, 0.1) is 0 Å². The summed E-state index contributed by atoms with van der Waals surface area (Å²) < 4.78 is 0. The lowest BCUT2D eigenvalue weighted by atomic mass is 9.65. The molecule has 1 aliphatic rings. The second kappa shape index (κ2) is 13.5. The molecule has 0 N–H and O–H groups in total. The van der Waals surface area contributed by atoms with Crippen LogP contribution < -0.4 is 0 Å². The van der Waals surface area contributed by atoms with Crippen molar-refractivity contribution in [1.82, 2.24) is 4.98 Å². The predicted octanol–water partition coefficient (Wildman–Crippen LogP) is 10.1. The van der Waals surface area contributed by atoms with Crippen LogP contribution in [0.4, 0.5) is 0 Å². The van der Waals surface area contributed by atoms with Crippen molar-refractivity contribution in [3.63, 3.8) is 0 Å². The van der Waals surface area contributed by atoms with Crippen molar-refractivity contribution in [2.75, 3.05) is 0 Å². The van der Waals surface area contributed by atoms with Crippen LogP contribution in [0.1, 0.15) is 48.9 Å². The average molecular weight is 522 g/mol. The van der Waals surface area contributed by atoms with Gasteiger partial charge in [-0.15, -0.1) is 6.58 Å². The quantitative estimate of drug-likeness (QED) is 0.171. The third kappa shape index (κ3) is 5.75. The summed E-state index contributed by atoms with van der Waals surface area (Å²) in [6, 6.07) is 23.7. The summed E-state index contributed by atoms with van der Waals surface area (Å²) in [5.41, 5.74) is 10.6. The van der Waals surface area contributed by atoms with Gasteiger partial charge in [0.2, 0.25) is 0 Å². The van der Waals surface area contributed by atoms with Crippen LogP contribution in [-0.2, 0) is 11.8 Å². The molecule has 1 heteroatoms. The number of benzene rings is 2. The van der Waals surface area contributed by atoms with E-state index in [1.54, 1.807) is 0 Å². The van der Waals surface area contributed by atoms with Gasteiger partial charge in [0.05, 0.1) is 5.41 Å². The molecule has 1 atom stereocenters. The molecule has 1 heterocycles. The zero-order valence-electron chi connectivity index (χ0n) is 23.8. The second-order valence-electron chi connectivity index (χ2n) is 10.0. The predicted molar refractivity (Wildman–Crippen MR) is 173 cm³/mol. The molecule has 0 spiro atoms. The number of allylic oxidation sites excluding steroid dienone is 13. The van der Waals surface area contributed by atoms with Crippen LogP contribution in [-0.4, -0.2) is 4.98 Å². The molecule has 0 saturated heterocycles. The van der Waals surface area contributed by atoms with E-state index in [0.717, 1.165) is 30.4 Å². The number of aromatic nitrogens is 1. The Bertz CT molecular complexity index is 1470. The third-order valence-corrected chi connectivity index (χ3v) is 7.66. The van der Waals surface area contributed by atoms with E-state index in [2.05, 4.69) is 123 Å². The molecule has 3 aromatic rings. The Labute approximate surface area is 240 Å². The number of hydrogen-bond donors (Lipinski definition) is 0. The molecule has 200 valence electrons. The Morgan fingerprint density at radius 3 is 2.38 bits per heavy atom. The van der Waals surface area contributed by atoms with Crippen LogP contribution in [0.2, 0.25) is 0 Å².